The van der Waals surface area contributed by atoms with E-state index in [4.69, 9.17) is 4.99 Å². The zero-order chi connectivity index (χ0) is 18.9. The van der Waals surface area contributed by atoms with Crippen LogP contribution in [0.3, 0.4) is 0 Å². The molecule has 2 rings (SSSR count). The van der Waals surface area contributed by atoms with Crippen molar-refractivity contribution in [2.75, 3.05) is 26.2 Å². The van der Waals surface area contributed by atoms with Gasteiger partial charge in [0.15, 0.2) is 5.96 Å². The van der Waals surface area contributed by atoms with Crippen molar-refractivity contribution < 1.29 is 0 Å². The van der Waals surface area contributed by atoms with Crippen LogP contribution in [0.2, 0.25) is 0 Å². The Morgan fingerprint density at radius 1 is 1.23 bits per heavy atom. The molecule has 0 amide bonds. The Hall–Kier alpha value is -1.56. The third-order valence-corrected chi connectivity index (χ3v) is 5.50. The lowest BCUT2D eigenvalue weighted by molar-refractivity contribution is 0.158. The molecule has 0 bridgehead atoms. The zero-order valence-electron chi connectivity index (χ0n) is 17.4. The average Bonchev–Trinajstić information content (AvgIpc) is 2.86. The van der Waals surface area contributed by atoms with Crippen LogP contribution in [-0.2, 0) is 13.6 Å². The molecule has 1 unspecified atom stereocenters. The molecule has 2 heterocycles. The minimum absolute atomic E-state index is 0.673. The molecule has 1 aliphatic rings. The van der Waals surface area contributed by atoms with Crippen LogP contribution in [0.5, 0.6) is 0 Å². The lowest BCUT2D eigenvalue weighted by Crippen LogP contribution is -2.39. The van der Waals surface area contributed by atoms with Crippen molar-refractivity contribution in [3.63, 3.8) is 0 Å². The van der Waals surface area contributed by atoms with Crippen molar-refractivity contribution in [1.29, 1.82) is 0 Å². The summed E-state index contributed by atoms with van der Waals surface area (Å²) in [6.07, 6.45) is 6.56. The van der Waals surface area contributed by atoms with E-state index in [1.165, 1.54) is 56.5 Å². The Bertz CT molecular complexity index is 577. The lowest BCUT2D eigenvalue weighted by Gasteiger charge is -2.33. The van der Waals surface area contributed by atoms with E-state index in [2.05, 4.69) is 48.3 Å². The van der Waals surface area contributed by atoms with Gasteiger partial charge in [0, 0.05) is 37.4 Å². The molecule has 148 valence electrons. The molecule has 1 aliphatic heterocycles. The van der Waals surface area contributed by atoms with Crippen LogP contribution >= 0.6 is 0 Å². The van der Waals surface area contributed by atoms with E-state index in [0.717, 1.165) is 30.8 Å². The van der Waals surface area contributed by atoms with Crippen LogP contribution in [0.1, 0.15) is 62.9 Å². The maximum Gasteiger partial charge on any atom is 0.191 e. The topological polar surface area (TPSA) is 57.5 Å². The number of hydrogen-bond acceptors (Lipinski definition) is 3. The highest BCUT2D eigenvalue weighted by Crippen LogP contribution is 2.16. The third-order valence-electron chi connectivity index (χ3n) is 5.50. The van der Waals surface area contributed by atoms with Crippen LogP contribution in [0.25, 0.3) is 0 Å². The minimum atomic E-state index is 0.673. The first-order valence-electron chi connectivity index (χ1n) is 10.3. The van der Waals surface area contributed by atoms with Gasteiger partial charge in [-0.05, 0) is 66.5 Å². The predicted molar refractivity (Wildman–Crippen MR) is 110 cm³/mol. The zero-order valence-corrected chi connectivity index (χ0v) is 17.4. The predicted octanol–water partition coefficient (Wildman–Crippen LogP) is 2.75. The van der Waals surface area contributed by atoms with Crippen molar-refractivity contribution in [3.8, 4) is 0 Å². The third kappa shape index (κ3) is 6.01. The first kappa shape index (κ1) is 20.7. The van der Waals surface area contributed by atoms with Gasteiger partial charge in [-0.1, -0.05) is 6.42 Å². The smallest absolute Gasteiger partial charge is 0.191 e. The second-order valence-electron chi connectivity index (χ2n) is 7.48. The highest BCUT2D eigenvalue weighted by molar-refractivity contribution is 5.79. The number of aromatic nitrogens is 2. The highest BCUT2D eigenvalue weighted by Gasteiger charge is 2.17. The molecule has 0 aliphatic carbocycles. The van der Waals surface area contributed by atoms with Gasteiger partial charge in [-0.3, -0.25) is 4.68 Å². The van der Waals surface area contributed by atoms with Crippen LogP contribution < -0.4 is 10.6 Å². The van der Waals surface area contributed by atoms with E-state index in [1.807, 2.05) is 11.7 Å². The fourth-order valence-electron chi connectivity index (χ4n) is 3.68. The van der Waals surface area contributed by atoms with Crippen molar-refractivity contribution in [3.05, 3.63) is 17.0 Å². The molecule has 6 nitrogen and oxygen atoms in total. The van der Waals surface area contributed by atoms with E-state index in [0.29, 0.717) is 6.54 Å². The second-order valence-corrected chi connectivity index (χ2v) is 7.48. The number of guanidine groups is 1. The fraction of sp³-hybridized carbons (Fsp3) is 0.800. The summed E-state index contributed by atoms with van der Waals surface area (Å²) in [6, 6.07) is 0.765. The van der Waals surface area contributed by atoms with Gasteiger partial charge in [-0.15, -0.1) is 0 Å². The molecule has 0 radical (unpaired) electrons. The SMILES string of the molecule is CCNC(=NCc1c(C)nn(C)c1C)NCCCCN1CCCCC1C. The van der Waals surface area contributed by atoms with Crippen LogP contribution in [0, 0.1) is 13.8 Å². The van der Waals surface area contributed by atoms with Gasteiger partial charge in [0.05, 0.1) is 12.2 Å². The molecule has 6 heteroatoms. The fourth-order valence-corrected chi connectivity index (χ4v) is 3.68. The number of unbranched alkanes of at least 4 members (excludes halogenated alkanes) is 1. The van der Waals surface area contributed by atoms with E-state index in [-0.39, 0.29) is 0 Å². The standard InChI is InChI=1S/C20H38N6/c1-6-21-20(23-15-19-17(3)24-25(5)18(19)4)22-12-8-10-14-26-13-9-7-11-16(26)2/h16H,6-15H2,1-5H3,(H2,21,22,23). The van der Waals surface area contributed by atoms with Crippen molar-refractivity contribution >= 4 is 5.96 Å². The molecule has 1 aromatic heterocycles. The quantitative estimate of drug-likeness (QED) is 0.424. The maximum atomic E-state index is 4.75. The second kappa shape index (κ2) is 10.6. The number of aryl methyl sites for hydroxylation is 2. The molecule has 0 aromatic carbocycles. The Balaban J connectivity index is 1.75. The summed E-state index contributed by atoms with van der Waals surface area (Å²) >= 11 is 0. The molecule has 0 saturated carbocycles. The number of nitrogens with one attached hydrogen (secondary N) is 2. The first-order chi connectivity index (χ1) is 12.5. The summed E-state index contributed by atoms with van der Waals surface area (Å²) in [6.45, 7) is 13.7. The van der Waals surface area contributed by atoms with Gasteiger partial charge in [-0.2, -0.15) is 5.10 Å². The molecule has 1 atom stereocenters. The minimum Gasteiger partial charge on any atom is -0.357 e. The monoisotopic (exact) mass is 362 g/mol. The van der Waals surface area contributed by atoms with E-state index in [1.54, 1.807) is 0 Å². The van der Waals surface area contributed by atoms with E-state index >= 15 is 0 Å². The normalized spacial score (nSPS) is 19.0. The van der Waals surface area contributed by atoms with E-state index < -0.39 is 0 Å². The van der Waals surface area contributed by atoms with E-state index in [9.17, 15) is 0 Å². The molecule has 2 N–H and O–H groups in total. The van der Waals surface area contributed by atoms with Gasteiger partial charge in [0.2, 0.25) is 0 Å². The molecular weight excluding hydrogens is 324 g/mol. The largest absolute Gasteiger partial charge is 0.357 e. The van der Waals surface area contributed by atoms with Gasteiger partial charge in [0.1, 0.15) is 0 Å². The number of likely N-dealkylation sites (tertiary alicyclic amines) is 1. The maximum absolute atomic E-state index is 4.75. The lowest BCUT2D eigenvalue weighted by atomic mass is 10.0. The Kier molecular flexibility index (Phi) is 8.42. The summed E-state index contributed by atoms with van der Waals surface area (Å²) in [5, 5.41) is 11.3. The van der Waals surface area contributed by atoms with Crippen LogP contribution in [-0.4, -0.2) is 52.9 Å². The first-order valence-corrected chi connectivity index (χ1v) is 10.3. The molecule has 1 aromatic rings. The van der Waals surface area contributed by atoms with Crippen LogP contribution in [0.4, 0.5) is 0 Å². The van der Waals surface area contributed by atoms with Gasteiger partial charge < -0.3 is 15.5 Å². The number of aliphatic imine (C=N–C) groups is 1. The highest BCUT2D eigenvalue weighted by atomic mass is 15.3. The number of nitrogens with zero attached hydrogens (tertiary/aromatic N) is 4. The molecule has 1 saturated heterocycles. The summed E-state index contributed by atoms with van der Waals surface area (Å²) in [7, 11) is 1.99. The Morgan fingerprint density at radius 2 is 2.04 bits per heavy atom. The van der Waals surface area contributed by atoms with Crippen LogP contribution in [0.15, 0.2) is 4.99 Å². The number of piperidine rings is 1. The summed E-state index contributed by atoms with van der Waals surface area (Å²) in [5.74, 6) is 0.904. The molecular formula is C20H38N6. The van der Waals surface area contributed by atoms with Gasteiger partial charge >= 0.3 is 0 Å². The molecule has 26 heavy (non-hydrogen) atoms. The Morgan fingerprint density at radius 3 is 2.69 bits per heavy atom. The summed E-state index contributed by atoms with van der Waals surface area (Å²) < 4.78 is 1.93. The number of hydrogen-bond donors (Lipinski definition) is 2. The van der Waals surface area contributed by atoms with Crippen molar-refractivity contribution in [2.24, 2.45) is 12.0 Å². The average molecular weight is 363 g/mol. The molecule has 0 spiro atoms. The molecule has 1 fully saturated rings. The summed E-state index contributed by atoms with van der Waals surface area (Å²) in [4.78, 5) is 7.40. The van der Waals surface area contributed by atoms with Crippen molar-refractivity contribution in [1.82, 2.24) is 25.3 Å². The Labute approximate surface area is 159 Å². The summed E-state index contributed by atoms with van der Waals surface area (Å²) in [5.41, 5.74) is 3.49. The van der Waals surface area contributed by atoms with Gasteiger partial charge in [-0.25, -0.2) is 4.99 Å². The number of rotatable bonds is 8. The van der Waals surface area contributed by atoms with Gasteiger partial charge in [0.25, 0.3) is 0 Å². The van der Waals surface area contributed by atoms with Crippen molar-refractivity contribution in [2.45, 2.75) is 72.4 Å².